The maximum absolute atomic E-state index is 12.8. The lowest BCUT2D eigenvalue weighted by molar-refractivity contribution is -0.148. The average Bonchev–Trinajstić information content (AvgIpc) is 2.65. The number of thioether (sulfide) groups is 1. The summed E-state index contributed by atoms with van der Waals surface area (Å²) in [6.07, 6.45) is 6.24. The summed E-state index contributed by atoms with van der Waals surface area (Å²) in [5, 5.41) is 0.350. The molecule has 0 amide bonds. The van der Waals surface area contributed by atoms with Crippen molar-refractivity contribution < 1.29 is 31.8 Å². The van der Waals surface area contributed by atoms with Gasteiger partial charge in [-0.3, -0.25) is 0 Å². The van der Waals surface area contributed by atoms with Gasteiger partial charge in [-0.05, 0) is 24.0 Å². The highest BCUT2D eigenvalue weighted by Gasteiger charge is 2.41. The van der Waals surface area contributed by atoms with Crippen LogP contribution in [0.3, 0.4) is 0 Å². The number of pyridine rings is 1. The first-order valence-electron chi connectivity index (χ1n) is 7.76. The van der Waals surface area contributed by atoms with E-state index >= 15 is 0 Å². The number of hydrogen-bond acceptors (Lipinski definition) is 5. The number of ether oxygens (including phenoxy) is 3. The third-order valence-electron chi connectivity index (χ3n) is 3.39. The predicted molar refractivity (Wildman–Crippen MR) is 91.9 cm³/mol. The van der Waals surface area contributed by atoms with Gasteiger partial charge in [-0.15, -0.1) is 0 Å². The topological polar surface area (TPSA) is 40.6 Å². The maximum Gasteiger partial charge on any atom is 0.340 e. The van der Waals surface area contributed by atoms with Crippen molar-refractivity contribution >= 4 is 17.8 Å². The Morgan fingerprint density at radius 3 is 2.62 bits per heavy atom. The molecule has 0 spiro atoms. The van der Waals surface area contributed by atoms with E-state index in [2.05, 4.69) is 9.72 Å². The van der Waals surface area contributed by atoms with E-state index in [4.69, 9.17) is 9.47 Å². The Labute approximate surface area is 153 Å². The van der Waals surface area contributed by atoms with E-state index in [9.17, 15) is 17.6 Å². The van der Waals surface area contributed by atoms with Crippen molar-refractivity contribution in [2.75, 3.05) is 26.1 Å². The van der Waals surface area contributed by atoms with Crippen LogP contribution in [-0.4, -0.2) is 54.9 Å². The highest BCUT2D eigenvalue weighted by molar-refractivity contribution is 7.99. The van der Waals surface area contributed by atoms with Crippen LogP contribution in [0.1, 0.15) is 5.56 Å². The standard InChI is InChI=1S/C17H19F4NO3S/c1-26-13-9-23-15(24-10-13)5-3-2-4-12-6-7-14(22-8-12)25-11-17(20,21)16(18)19/h2-8,13,15-16H,9-11H2,1H3. The first-order valence-corrected chi connectivity index (χ1v) is 9.05. The van der Waals surface area contributed by atoms with E-state index in [1.165, 1.54) is 12.3 Å². The van der Waals surface area contributed by atoms with Gasteiger partial charge in [0.25, 0.3) is 0 Å². The monoisotopic (exact) mass is 393 g/mol. The number of allylic oxidation sites excluding steroid dienone is 2. The van der Waals surface area contributed by atoms with Gasteiger partial charge in [0.2, 0.25) is 5.88 Å². The summed E-state index contributed by atoms with van der Waals surface area (Å²) in [5.41, 5.74) is 0.690. The summed E-state index contributed by atoms with van der Waals surface area (Å²) >= 11 is 1.70. The molecule has 1 aromatic heterocycles. The quantitative estimate of drug-likeness (QED) is 0.493. The molecule has 1 aliphatic heterocycles. The van der Waals surface area contributed by atoms with Crippen molar-refractivity contribution in [3.8, 4) is 5.88 Å². The van der Waals surface area contributed by atoms with Gasteiger partial charge in [-0.2, -0.15) is 20.5 Å². The van der Waals surface area contributed by atoms with Crippen molar-refractivity contribution in [3.63, 3.8) is 0 Å². The van der Waals surface area contributed by atoms with E-state index in [0.717, 1.165) is 0 Å². The maximum atomic E-state index is 12.8. The van der Waals surface area contributed by atoms with Crippen molar-refractivity contribution in [1.82, 2.24) is 4.98 Å². The molecule has 9 heteroatoms. The molecule has 26 heavy (non-hydrogen) atoms. The van der Waals surface area contributed by atoms with Gasteiger partial charge >= 0.3 is 12.3 Å². The van der Waals surface area contributed by atoms with Gasteiger partial charge in [0.05, 0.1) is 18.5 Å². The summed E-state index contributed by atoms with van der Waals surface area (Å²) in [6, 6.07) is 2.91. The minimum absolute atomic E-state index is 0.148. The SMILES string of the molecule is CSC1COC(C=CC=Cc2ccc(OCC(F)(F)C(F)F)nc2)OC1. The van der Waals surface area contributed by atoms with Crippen LogP contribution in [0.25, 0.3) is 6.08 Å². The van der Waals surface area contributed by atoms with Gasteiger partial charge in [-0.1, -0.05) is 18.2 Å². The van der Waals surface area contributed by atoms with Crippen LogP contribution in [0.5, 0.6) is 5.88 Å². The Morgan fingerprint density at radius 2 is 2.04 bits per heavy atom. The number of aromatic nitrogens is 1. The zero-order chi connectivity index (χ0) is 19.0. The highest BCUT2D eigenvalue weighted by atomic mass is 32.2. The molecule has 1 saturated heterocycles. The molecule has 2 heterocycles. The average molecular weight is 393 g/mol. The summed E-state index contributed by atoms with van der Waals surface area (Å²) in [7, 11) is 0. The number of halogens is 4. The molecule has 1 aromatic rings. The second-order valence-electron chi connectivity index (χ2n) is 5.42. The van der Waals surface area contributed by atoms with E-state index < -0.39 is 19.0 Å². The fraction of sp³-hybridized carbons (Fsp3) is 0.471. The molecule has 0 radical (unpaired) electrons. The molecule has 0 atom stereocenters. The summed E-state index contributed by atoms with van der Waals surface area (Å²) in [5.74, 6) is -4.35. The number of rotatable bonds is 8. The molecule has 2 rings (SSSR count). The molecule has 144 valence electrons. The highest BCUT2D eigenvalue weighted by Crippen LogP contribution is 2.23. The number of nitrogens with zero attached hydrogens (tertiary/aromatic N) is 1. The molecular formula is C17H19F4NO3S. The number of hydrogen-bond donors (Lipinski definition) is 0. The van der Waals surface area contributed by atoms with Crippen molar-refractivity contribution in [2.24, 2.45) is 0 Å². The van der Waals surface area contributed by atoms with Crippen molar-refractivity contribution in [2.45, 2.75) is 23.9 Å². The Hall–Kier alpha value is -1.58. The van der Waals surface area contributed by atoms with Crippen LogP contribution in [0.4, 0.5) is 17.6 Å². The zero-order valence-electron chi connectivity index (χ0n) is 14.0. The molecule has 0 aliphatic carbocycles. The largest absolute Gasteiger partial charge is 0.471 e. The Bertz CT molecular complexity index is 603. The molecule has 0 saturated carbocycles. The number of alkyl halides is 4. The molecule has 0 bridgehead atoms. The summed E-state index contributed by atoms with van der Waals surface area (Å²) in [6.45, 7) is -0.153. The zero-order valence-corrected chi connectivity index (χ0v) is 14.8. The Kier molecular flexibility index (Phi) is 7.92. The first kappa shape index (κ1) is 20.7. The van der Waals surface area contributed by atoms with Crippen LogP contribution < -0.4 is 4.74 Å². The van der Waals surface area contributed by atoms with Crippen LogP contribution in [-0.2, 0) is 9.47 Å². The van der Waals surface area contributed by atoms with Crippen molar-refractivity contribution in [3.05, 3.63) is 42.1 Å². The molecular weight excluding hydrogens is 374 g/mol. The lowest BCUT2D eigenvalue weighted by atomic mass is 10.2. The third kappa shape index (κ3) is 6.62. The van der Waals surface area contributed by atoms with Gasteiger partial charge in [0.15, 0.2) is 12.9 Å². The van der Waals surface area contributed by atoms with Crippen LogP contribution in [0.2, 0.25) is 0 Å². The van der Waals surface area contributed by atoms with E-state index in [0.29, 0.717) is 24.0 Å². The summed E-state index contributed by atoms with van der Waals surface area (Å²) < 4.78 is 65.2. The van der Waals surface area contributed by atoms with E-state index in [1.54, 1.807) is 42.1 Å². The van der Waals surface area contributed by atoms with Crippen LogP contribution in [0, 0.1) is 0 Å². The lowest BCUT2D eigenvalue weighted by Crippen LogP contribution is -2.33. The molecule has 1 aliphatic rings. The smallest absolute Gasteiger partial charge is 0.340 e. The lowest BCUT2D eigenvalue weighted by Gasteiger charge is -2.26. The van der Waals surface area contributed by atoms with Gasteiger partial charge in [0.1, 0.15) is 0 Å². The van der Waals surface area contributed by atoms with Gasteiger partial charge in [0, 0.05) is 12.3 Å². The summed E-state index contributed by atoms with van der Waals surface area (Å²) in [4.78, 5) is 3.80. The van der Waals surface area contributed by atoms with Gasteiger partial charge < -0.3 is 14.2 Å². The fourth-order valence-electron chi connectivity index (χ4n) is 1.88. The minimum atomic E-state index is -4.20. The van der Waals surface area contributed by atoms with Crippen LogP contribution >= 0.6 is 11.8 Å². The van der Waals surface area contributed by atoms with Crippen LogP contribution in [0.15, 0.2) is 36.6 Å². The third-order valence-corrected chi connectivity index (χ3v) is 4.32. The normalized spacial score (nSPS) is 21.8. The van der Waals surface area contributed by atoms with E-state index in [-0.39, 0.29) is 12.2 Å². The molecule has 1 fully saturated rings. The second kappa shape index (κ2) is 9.94. The molecule has 0 N–H and O–H groups in total. The fourth-order valence-corrected chi connectivity index (χ4v) is 2.31. The van der Waals surface area contributed by atoms with Gasteiger partial charge in [-0.25, -0.2) is 13.8 Å². The van der Waals surface area contributed by atoms with Crippen molar-refractivity contribution in [1.29, 1.82) is 0 Å². The van der Waals surface area contributed by atoms with E-state index in [1.807, 2.05) is 6.26 Å². The Balaban J connectivity index is 1.78. The molecule has 4 nitrogen and oxygen atoms in total. The predicted octanol–water partition coefficient (Wildman–Crippen LogP) is 4.03. The second-order valence-corrected chi connectivity index (χ2v) is 6.56. The Morgan fingerprint density at radius 1 is 1.31 bits per heavy atom. The minimum Gasteiger partial charge on any atom is -0.471 e. The molecule has 0 aromatic carbocycles. The molecule has 0 unspecified atom stereocenters. The first-order chi connectivity index (χ1) is 12.4.